The molecule has 0 aliphatic carbocycles. The second-order valence-corrected chi connectivity index (χ2v) is 8.49. The largest absolute Gasteiger partial charge is 0.352 e. The van der Waals surface area contributed by atoms with Crippen LogP contribution < -0.4 is 10.6 Å². The van der Waals surface area contributed by atoms with Gasteiger partial charge in [-0.3, -0.25) is 9.69 Å². The fourth-order valence-corrected chi connectivity index (χ4v) is 4.59. The van der Waals surface area contributed by atoms with E-state index in [0.717, 1.165) is 24.6 Å². The van der Waals surface area contributed by atoms with Crippen LogP contribution in [0.4, 0.5) is 0 Å². The van der Waals surface area contributed by atoms with Gasteiger partial charge in [0.1, 0.15) is 0 Å². The highest BCUT2D eigenvalue weighted by Gasteiger charge is 2.18. The lowest BCUT2D eigenvalue weighted by Gasteiger charge is -2.33. The van der Waals surface area contributed by atoms with Crippen molar-refractivity contribution in [2.75, 3.05) is 24.6 Å². The summed E-state index contributed by atoms with van der Waals surface area (Å²) in [5.74, 6) is 2.34. The lowest BCUT2D eigenvalue weighted by Crippen LogP contribution is -2.41. The second-order valence-electron chi connectivity index (χ2n) is 7.34. The van der Waals surface area contributed by atoms with Gasteiger partial charge in [0.2, 0.25) is 5.91 Å². The monoisotopic (exact) mass is 361 g/mol. The second kappa shape index (κ2) is 9.60. The van der Waals surface area contributed by atoms with E-state index in [4.69, 9.17) is 0 Å². The maximum atomic E-state index is 12.1. The first kappa shape index (κ1) is 18.7. The van der Waals surface area contributed by atoms with Crippen molar-refractivity contribution >= 4 is 17.7 Å². The number of carbonyl (C=O) groups is 1. The quantitative estimate of drug-likeness (QED) is 0.818. The minimum Gasteiger partial charge on any atom is -0.352 e. The number of nitrogens with one attached hydrogen (secondary N) is 2. The normalized spacial score (nSPS) is 24.8. The average molecular weight is 362 g/mol. The number of amides is 1. The van der Waals surface area contributed by atoms with E-state index in [9.17, 15) is 4.79 Å². The molecular formula is C20H31N3OS. The predicted molar refractivity (Wildman–Crippen MR) is 106 cm³/mol. The van der Waals surface area contributed by atoms with Gasteiger partial charge in [-0.1, -0.05) is 30.7 Å². The van der Waals surface area contributed by atoms with E-state index < -0.39 is 0 Å². The van der Waals surface area contributed by atoms with Gasteiger partial charge >= 0.3 is 0 Å². The van der Waals surface area contributed by atoms with Crippen molar-refractivity contribution in [3.8, 4) is 0 Å². The highest BCUT2D eigenvalue weighted by atomic mass is 32.2. The maximum absolute atomic E-state index is 12.1. The zero-order chi connectivity index (χ0) is 17.5. The lowest BCUT2D eigenvalue weighted by molar-refractivity contribution is -0.121. The summed E-state index contributed by atoms with van der Waals surface area (Å²) in [4.78, 5) is 14.7. The standard InChI is InChI=1S/C20H31N3OS/c1-16-4-2-3-10-23(16)14-18-7-5-17(6-8-18)13-22-20(24)12-19-15-25-11-9-21-19/h5-8,16,19,21H,2-4,9-15H2,1H3,(H,22,24). The fourth-order valence-electron chi connectivity index (χ4n) is 3.64. The van der Waals surface area contributed by atoms with Gasteiger partial charge in [-0.2, -0.15) is 11.8 Å². The molecule has 2 heterocycles. The van der Waals surface area contributed by atoms with Crippen molar-refractivity contribution < 1.29 is 4.79 Å². The van der Waals surface area contributed by atoms with E-state index in [1.807, 2.05) is 11.8 Å². The molecule has 0 saturated carbocycles. The Kier molecular flexibility index (Phi) is 7.20. The van der Waals surface area contributed by atoms with Crippen LogP contribution in [-0.4, -0.2) is 47.5 Å². The number of hydrogen-bond acceptors (Lipinski definition) is 4. The van der Waals surface area contributed by atoms with Crippen molar-refractivity contribution in [3.63, 3.8) is 0 Å². The zero-order valence-electron chi connectivity index (χ0n) is 15.3. The summed E-state index contributed by atoms with van der Waals surface area (Å²) in [7, 11) is 0. The van der Waals surface area contributed by atoms with E-state index >= 15 is 0 Å². The highest BCUT2D eigenvalue weighted by molar-refractivity contribution is 7.99. The Hall–Kier alpha value is -1.04. The predicted octanol–water partition coefficient (Wildman–Crippen LogP) is 2.77. The molecule has 2 N–H and O–H groups in total. The Bertz CT molecular complexity index is 542. The molecule has 5 heteroatoms. The Balaban J connectivity index is 1.41. The van der Waals surface area contributed by atoms with E-state index in [-0.39, 0.29) is 5.91 Å². The van der Waals surface area contributed by atoms with Crippen LogP contribution in [0.3, 0.4) is 0 Å². The minimum atomic E-state index is 0.145. The summed E-state index contributed by atoms with van der Waals surface area (Å²) >= 11 is 1.93. The number of nitrogens with zero attached hydrogens (tertiary/aromatic N) is 1. The van der Waals surface area contributed by atoms with Gasteiger partial charge in [-0.25, -0.2) is 0 Å². The number of carbonyl (C=O) groups excluding carboxylic acids is 1. The lowest BCUT2D eigenvalue weighted by atomic mass is 10.0. The van der Waals surface area contributed by atoms with Crippen molar-refractivity contribution in [1.29, 1.82) is 0 Å². The number of benzene rings is 1. The number of rotatable bonds is 6. The molecule has 2 saturated heterocycles. The molecule has 3 rings (SSSR count). The average Bonchev–Trinajstić information content (AvgIpc) is 2.64. The van der Waals surface area contributed by atoms with Gasteiger partial charge in [0.05, 0.1) is 0 Å². The number of piperidine rings is 1. The summed E-state index contributed by atoms with van der Waals surface area (Å²) in [5, 5.41) is 6.47. The summed E-state index contributed by atoms with van der Waals surface area (Å²) in [5.41, 5.74) is 2.54. The summed E-state index contributed by atoms with van der Waals surface area (Å²) < 4.78 is 0. The Labute approximate surface area is 156 Å². The molecule has 1 aromatic carbocycles. The topological polar surface area (TPSA) is 44.4 Å². The van der Waals surface area contributed by atoms with Crippen LogP contribution in [0.2, 0.25) is 0 Å². The Morgan fingerprint density at radius 3 is 2.80 bits per heavy atom. The summed E-state index contributed by atoms with van der Waals surface area (Å²) in [6.07, 6.45) is 4.59. The van der Waals surface area contributed by atoms with E-state index in [1.165, 1.54) is 36.9 Å². The first-order chi connectivity index (χ1) is 12.2. The van der Waals surface area contributed by atoms with E-state index in [2.05, 4.69) is 46.7 Å². The summed E-state index contributed by atoms with van der Waals surface area (Å²) in [6, 6.07) is 9.74. The van der Waals surface area contributed by atoms with Crippen LogP contribution in [0.25, 0.3) is 0 Å². The molecule has 0 bridgehead atoms. The fraction of sp³-hybridized carbons (Fsp3) is 0.650. The molecule has 0 spiro atoms. The van der Waals surface area contributed by atoms with Crippen LogP contribution >= 0.6 is 11.8 Å². The first-order valence-corrected chi connectivity index (χ1v) is 10.8. The van der Waals surface area contributed by atoms with Crippen molar-refractivity contribution in [2.24, 2.45) is 0 Å². The Morgan fingerprint density at radius 1 is 1.28 bits per heavy atom. The van der Waals surface area contributed by atoms with E-state index in [0.29, 0.717) is 25.0 Å². The van der Waals surface area contributed by atoms with Crippen LogP contribution in [0.15, 0.2) is 24.3 Å². The molecule has 4 nitrogen and oxygen atoms in total. The highest BCUT2D eigenvalue weighted by Crippen LogP contribution is 2.19. The molecule has 2 atom stereocenters. The molecule has 2 aliphatic heterocycles. The molecule has 2 fully saturated rings. The number of likely N-dealkylation sites (tertiary alicyclic amines) is 1. The van der Waals surface area contributed by atoms with Crippen LogP contribution in [0.5, 0.6) is 0 Å². The first-order valence-electron chi connectivity index (χ1n) is 9.60. The van der Waals surface area contributed by atoms with Crippen LogP contribution in [-0.2, 0) is 17.9 Å². The molecular weight excluding hydrogens is 330 g/mol. The molecule has 138 valence electrons. The van der Waals surface area contributed by atoms with Gasteiger partial charge in [-0.15, -0.1) is 0 Å². The van der Waals surface area contributed by atoms with Crippen LogP contribution in [0.1, 0.15) is 43.7 Å². The van der Waals surface area contributed by atoms with Crippen molar-refractivity contribution in [3.05, 3.63) is 35.4 Å². The Morgan fingerprint density at radius 2 is 2.08 bits per heavy atom. The third-order valence-electron chi connectivity index (χ3n) is 5.27. The molecule has 2 aliphatic rings. The van der Waals surface area contributed by atoms with Gasteiger partial charge in [0, 0.05) is 49.6 Å². The SMILES string of the molecule is CC1CCCCN1Cc1ccc(CNC(=O)CC2CSCCN2)cc1. The summed E-state index contributed by atoms with van der Waals surface area (Å²) in [6.45, 7) is 6.23. The van der Waals surface area contributed by atoms with Crippen molar-refractivity contribution in [2.45, 2.75) is 57.8 Å². The van der Waals surface area contributed by atoms with Gasteiger partial charge in [0.15, 0.2) is 0 Å². The smallest absolute Gasteiger partial charge is 0.221 e. The minimum absolute atomic E-state index is 0.145. The van der Waals surface area contributed by atoms with Gasteiger partial charge < -0.3 is 10.6 Å². The third-order valence-corrected chi connectivity index (χ3v) is 6.40. The third kappa shape index (κ3) is 6.01. The maximum Gasteiger partial charge on any atom is 0.221 e. The van der Waals surface area contributed by atoms with Crippen molar-refractivity contribution in [1.82, 2.24) is 15.5 Å². The molecule has 1 amide bonds. The van der Waals surface area contributed by atoms with Gasteiger partial charge in [0.25, 0.3) is 0 Å². The molecule has 25 heavy (non-hydrogen) atoms. The van der Waals surface area contributed by atoms with Crippen LogP contribution in [0, 0.1) is 0 Å². The van der Waals surface area contributed by atoms with E-state index in [1.54, 1.807) is 0 Å². The molecule has 1 aromatic rings. The zero-order valence-corrected chi connectivity index (χ0v) is 16.1. The van der Waals surface area contributed by atoms with Gasteiger partial charge in [-0.05, 0) is 37.4 Å². The number of hydrogen-bond donors (Lipinski definition) is 2. The molecule has 0 aromatic heterocycles. The molecule has 0 radical (unpaired) electrons. The molecule has 2 unspecified atom stereocenters. The number of thioether (sulfide) groups is 1.